The van der Waals surface area contributed by atoms with E-state index in [1.165, 1.54) is 0 Å². The molecule has 0 atom stereocenters. The minimum absolute atomic E-state index is 0.147. The summed E-state index contributed by atoms with van der Waals surface area (Å²) in [6.45, 7) is 4.21. The Morgan fingerprint density at radius 2 is 2.12 bits per heavy atom. The SMILES string of the molecule is C=CCC1CCC(CNC=O)(CC(=O)O)CC1. The number of amides is 1. The van der Waals surface area contributed by atoms with E-state index in [4.69, 9.17) is 5.11 Å². The third kappa shape index (κ3) is 4.21. The molecule has 1 amide bonds. The number of carbonyl (C=O) groups is 2. The number of carboxylic acids is 1. The highest BCUT2D eigenvalue weighted by atomic mass is 16.4. The molecule has 0 radical (unpaired) electrons. The van der Waals surface area contributed by atoms with Gasteiger partial charge in [0.25, 0.3) is 0 Å². The van der Waals surface area contributed by atoms with Gasteiger partial charge < -0.3 is 10.4 Å². The third-order valence-corrected chi connectivity index (χ3v) is 3.75. The second-order valence-corrected chi connectivity index (χ2v) is 5.04. The fraction of sp³-hybridized carbons (Fsp3) is 0.692. The van der Waals surface area contributed by atoms with Crippen LogP contribution in [0.25, 0.3) is 0 Å². The summed E-state index contributed by atoms with van der Waals surface area (Å²) in [4.78, 5) is 21.3. The molecule has 1 rings (SSSR count). The van der Waals surface area contributed by atoms with Crippen molar-refractivity contribution in [2.24, 2.45) is 11.3 Å². The summed E-state index contributed by atoms with van der Waals surface area (Å²) in [6, 6.07) is 0. The Balaban J connectivity index is 2.57. The molecule has 17 heavy (non-hydrogen) atoms. The molecule has 1 fully saturated rings. The van der Waals surface area contributed by atoms with Gasteiger partial charge in [0.1, 0.15) is 0 Å². The molecular formula is C13H21NO3. The lowest BCUT2D eigenvalue weighted by Gasteiger charge is -2.39. The summed E-state index contributed by atoms with van der Waals surface area (Å²) in [5, 5.41) is 11.6. The van der Waals surface area contributed by atoms with E-state index in [1.807, 2.05) is 6.08 Å². The summed E-state index contributed by atoms with van der Waals surface area (Å²) in [7, 11) is 0. The second kappa shape index (κ2) is 6.42. The number of carbonyl (C=O) groups excluding carboxylic acids is 1. The summed E-state index contributed by atoms with van der Waals surface area (Å²) in [5.41, 5.74) is -0.246. The van der Waals surface area contributed by atoms with Gasteiger partial charge in [-0.05, 0) is 43.4 Å². The molecule has 4 nitrogen and oxygen atoms in total. The van der Waals surface area contributed by atoms with Crippen LogP contribution in [-0.2, 0) is 9.59 Å². The Morgan fingerprint density at radius 3 is 2.59 bits per heavy atom. The first-order valence-corrected chi connectivity index (χ1v) is 6.11. The first kappa shape index (κ1) is 13.7. The van der Waals surface area contributed by atoms with Crippen molar-refractivity contribution in [2.75, 3.05) is 6.54 Å². The number of allylic oxidation sites excluding steroid dienone is 1. The average Bonchev–Trinajstić information content (AvgIpc) is 2.29. The molecule has 0 aromatic carbocycles. The molecule has 0 aliphatic heterocycles. The molecular weight excluding hydrogens is 218 g/mol. The van der Waals surface area contributed by atoms with Crippen LogP contribution in [0.15, 0.2) is 12.7 Å². The molecule has 0 heterocycles. The van der Waals surface area contributed by atoms with E-state index in [0.717, 1.165) is 32.1 Å². The van der Waals surface area contributed by atoms with Crippen molar-refractivity contribution in [3.05, 3.63) is 12.7 Å². The van der Waals surface area contributed by atoms with Gasteiger partial charge in [-0.15, -0.1) is 6.58 Å². The van der Waals surface area contributed by atoms with E-state index in [1.54, 1.807) is 0 Å². The van der Waals surface area contributed by atoms with Gasteiger partial charge in [-0.1, -0.05) is 6.08 Å². The Hall–Kier alpha value is -1.32. The maximum Gasteiger partial charge on any atom is 0.303 e. The molecule has 4 heteroatoms. The lowest BCUT2D eigenvalue weighted by atomic mass is 9.68. The molecule has 0 aromatic heterocycles. The summed E-state index contributed by atoms with van der Waals surface area (Å²) in [6.07, 6.45) is 7.54. The van der Waals surface area contributed by atoms with Crippen molar-refractivity contribution in [3.8, 4) is 0 Å². The lowest BCUT2D eigenvalue weighted by Crippen LogP contribution is -2.39. The Bertz CT molecular complexity index is 280. The maximum absolute atomic E-state index is 10.9. The van der Waals surface area contributed by atoms with E-state index in [0.29, 0.717) is 18.9 Å². The molecule has 1 aliphatic rings. The van der Waals surface area contributed by atoms with E-state index < -0.39 is 5.97 Å². The molecule has 2 N–H and O–H groups in total. The van der Waals surface area contributed by atoms with Gasteiger partial charge in [0.2, 0.25) is 6.41 Å². The average molecular weight is 239 g/mol. The predicted molar refractivity (Wildman–Crippen MR) is 65.5 cm³/mol. The van der Waals surface area contributed by atoms with E-state index >= 15 is 0 Å². The lowest BCUT2D eigenvalue weighted by molar-refractivity contribution is -0.140. The van der Waals surface area contributed by atoms with Crippen LogP contribution in [0, 0.1) is 11.3 Å². The highest BCUT2D eigenvalue weighted by molar-refractivity contribution is 5.67. The van der Waals surface area contributed by atoms with Crippen LogP contribution in [0.1, 0.15) is 38.5 Å². The summed E-state index contributed by atoms with van der Waals surface area (Å²) >= 11 is 0. The van der Waals surface area contributed by atoms with E-state index in [-0.39, 0.29) is 11.8 Å². The zero-order valence-electron chi connectivity index (χ0n) is 10.2. The topological polar surface area (TPSA) is 66.4 Å². The van der Waals surface area contributed by atoms with Crippen LogP contribution in [0.5, 0.6) is 0 Å². The number of hydrogen-bond donors (Lipinski definition) is 2. The summed E-state index contributed by atoms with van der Waals surface area (Å²) < 4.78 is 0. The van der Waals surface area contributed by atoms with Gasteiger partial charge in [-0.25, -0.2) is 0 Å². The van der Waals surface area contributed by atoms with Gasteiger partial charge in [-0.2, -0.15) is 0 Å². The van der Waals surface area contributed by atoms with Crippen LogP contribution < -0.4 is 5.32 Å². The van der Waals surface area contributed by atoms with Crippen LogP contribution >= 0.6 is 0 Å². The third-order valence-electron chi connectivity index (χ3n) is 3.75. The predicted octanol–water partition coefficient (Wildman–Crippen LogP) is 1.96. The fourth-order valence-electron chi connectivity index (χ4n) is 2.76. The molecule has 0 spiro atoms. The zero-order chi connectivity index (χ0) is 12.7. The second-order valence-electron chi connectivity index (χ2n) is 5.04. The molecule has 1 aliphatic carbocycles. The molecule has 96 valence electrons. The largest absolute Gasteiger partial charge is 0.481 e. The number of rotatable bonds is 7. The normalized spacial score (nSPS) is 28.4. The zero-order valence-corrected chi connectivity index (χ0v) is 10.2. The number of carboxylic acid groups (broad SMARTS) is 1. The van der Waals surface area contributed by atoms with Crippen molar-refractivity contribution in [1.82, 2.24) is 5.32 Å². The van der Waals surface area contributed by atoms with Crippen molar-refractivity contribution >= 4 is 12.4 Å². The fourth-order valence-corrected chi connectivity index (χ4v) is 2.76. The van der Waals surface area contributed by atoms with Gasteiger partial charge in [0, 0.05) is 6.54 Å². The smallest absolute Gasteiger partial charge is 0.303 e. The minimum atomic E-state index is -0.778. The standard InChI is InChI=1S/C13H21NO3/c1-2-3-11-4-6-13(7-5-11,8-12(16)17)9-14-10-15/h2,10-11H,1,3-9H2,(H,14,15)(H,16,17). The van der Waals surface area contributed by atoms with Crippen LogP contribution in [0.4, 0.5) is 0 Å². The van der Waals surface area contributed by atoms with Gasteiger partial charge in [-0.3, -0.25) is 9.59 Å². The number of hydrogen-bond acceptors (Lipinski definition) is 2. The first-order valence-electron chi connectivity index (χ1n) is 6.11. The van der Waals surface area contributed by atoms with Crippen LogP contribution in [0.3, 0.4) is 0 Å². The molecule has 0 aromatic rings. The Kier molecular flexibility index (Phi) is 5.19. The van der Waals surface area contributed by atoms with Crippen LogP contribution in [-0.4, -0.2) is 24.0 Å². The number of nitrogens with one attached hydrogen (secondary N) is 1. The highest BCUT2D eigenvalue weighted by Crippen LogP contribution is 2.42. The van der Waals surface area contributed by atoms with Crippen molar-refractivity contribution in [3.63, 3.8) is 0 Å². The van der Waals surface area contributed by atoms with Crippen molar-refractivity contribution in [2.45, 2.75) is 38.5 Å². The molecule has 0 saturated heterocycles. The Morgan fingerprint density at radius 1 is 1.47 bits per heavy atom. The van der Waals surface area contributed by atoms with Gasteiger partial charge >= 0.3 is 5.97 Å². The first-order chi connectivity index (χ1) is 8.12. The quantitative estimate of drug-likeness (QED) is 0.527. The molecule has 0 bridgehead atoms. The van der Waals surface area contributed by atoms with Crippen molar-refractivity contribution < 1.29 is 14.7 Å². The van der Waals surface area contributed by atoms with Crippen LogP contribution in [0.2, 0.25) is 0 Å². The van der Waals surface area contributed by atoms with Gasteiger partial charge in [0.15, 0.2) is 0 Å². The minimum Gasteiger partial charge on any atom is -0.481 e. The summed E-state index contributed by atoms with van der Waals surface area (Å²) in [5.74, 6) is -0.148. The Labute approximate surface area is 102 Å². The molecule has 0 unspecified atom stereocenters. The monoisotopic (exact) mass is 239 g/mol. The number of aliphatic carboxylic acids is 1. The van der Waals surface area contributed by atoms with Crippen molar-refractivity contribution in [1.29, 1.82) is 0 Å². The van der Waals surface area contributed by atoms with E-state index in [2.05, 4.69) is 11.9 Å². The highest BCUT2D eigenvalue weighted by Gasteiger charge is 2.36. The maximum atomic E-state index is 10.9. The van der Waals surface area contributed by atoms with Gasteiger partial charge in [0.05, 0.1) is 6.42 Å². The van der Waals surface area contributed by atoms with E-state index in [9.17, 15) is 9.59 Å². The molecule has 1 saturated carbocycles.